The Kier molecular flexibility index (Phi) is 31.6. The van der Waals surface area contributed by atoms with Gasteiger partial charge in [0.15, 0.2) is 5.78 Å². The van der Waals surface area contributed by atoms with E-state index in [-0.39, 0.29) is 25.8 Å². The van der Waals surface area contributed by atoms with E-state index >= 15 is 0 Å². The SMILES string of the molecule is CCC=CCC=CCC=CCCCCCCCC(=O)C(O)(C(=O)C(O)CCCN)C(=O)C(O)CCCCCCCC=CCC=CCC=CCC. The summed E-state index contributed by atoms with van der Waals surface area (Å²) in [5.41, 5.74) is 2.45. The molecule has 3 atom stereocenters. The number of aliphatic hydroxyl groups excluding tert-OH is 2. The molecular weight excluding hydrogens is 626 g/mol. The van der Waals surface area contributed by atoms with Gasteiger partial charge >= 0.3 is 0 Å². The average molecular weight is 698 g/mol. The zero-order valence-electron chi connectivity index (χ0n) is 31.5. The maximum atomic E-state index is 13.3. The maximum absolute atomic E-state index is 13.3. The van der Waals surface area contributed by atoms with Crippen LogP contribution in [0.2, 0.25) is 0 Å². The van der Waals surface area contributed by atoms with Crippen LogP contribution in [-0.4, -0.2) is 57.0 Å². The average Bonchev–Trinajstić information content (AvgIpc) is 3.12. The molecule has 0 aromatic rings. The number of carbonyl (C=O) groups is 3. The van der Waals surface area contributed by atoms with Crippen LogP contribution in [0.15, 0.2) is 72.9 Å². The van der Waals surface area contributed by atoms with Crippen LogP contribution in [0.5, 0.6) is 0 Å². The second-order valence-corrected chi connectivity index (χ2v) is 13.1. The van der Waals surface area contributed by atoms with E-state index in [2.05, 4.69) is 86.8 Å². The summed E-state index contributed by atoms with van der Waals surface area (Å²) >= 11 is 0. The summed E-state index contributed by atoms with van der Waals surface area (Å²) < 4.78 is 0. The topological polar surface area (TPSA) is 138 Å². The molecule has 0 fully saturated rings. The first kappa shape index (κ1) is 47.3. The molecule has 3 unspecified atom stereocenters. The minimum absolute atomic E-state index is 0.0430. The van der Waals surface area contributed by atoms with Crippen molar-refractivity contribution < 1.29 is 29.7 Å². The number of aliphatic hydroxyl groups is 3. The summed E-state index contributed by atoms with van der Waals surface area (Å²) in [4.78, 5) is 39.6. The van der Waals surface area contributed by atoms with Gasteiger partial charge in [0.2, 0.25) is 17.2 Å². The fraction of sp³-hybridized carbons (Fsp3) is 0.651. The fourth-order valence-corrected chi connectivity index (χ4v) is 5.49. The van der Waals surface area contributed by atoms with Crippen molar-refractivity contribution in [1.29, 1.82) is 0 Å². The van der Waals surface area contributed by atoms with Crippen molar-refractivity contribution in [2.24, 2.45) is 5.73 Å². The highest BCUT2D eigenvalue weighted by Gasteiger charge is 2.53. The molecule has 0 aliphatic rings. The lowest BCUT2D eigenvalue weighted by molar-refractivity contribution is -0.167. The Labute approximate surface area is 304 Å². The predicted octanol–water partition coefficient (Wildman–Crippen LogP) is 9.06. The third-order valence-corrected chi connectivity index (χ3v) is 8.59. The largest absolute Gasteiger partial charge is 0.385 e. The molecule has 0 aromatic carbocycles. The molecule has 0 radical (unpaired) electrons. The minimum atomic E-state index is -3.05. The number of carbonyl (C=O) groups excluding carboxylic acids is 3. The second kappa shape index (κ2) is 33.4. The van der Waals surface area contributed by atoms with Crippen molar-refractivity contribution in [3.63, 3.8) is 0 Å². The molecule has 284 valence electrons. The number of nitrogens with two attached hydrogens (primary N) is 1. The Morgan fingerprint density at radius 1 is 0.520 bits per heavy atom. The van der Waals surface area contributed by atoms with Gasteiger partial charge in [0.05, 0.1) is 0 Å². The molecule has 7 nitrogen and oxygen atoms in total. The minimum Gasteiger partial charge on any atom is -0.385 e. The number of allylic oxidation sites excluding steroid dienone is 12. The van der Waals surface area contributed by atoms with Gasteiger partial charge in [-0.25, -0.2) is 0 Å². The molecule has 0 aliphatic heterocycles. The summed E-state index contributed by atoms with van der Waals surface area (Å²) in [6.07, 6.45) is 39.0. The van der Waals surface area contributed by atoms with Crippen LogP contribution in [0.25, 0.3) is 0 Å². The molecule has 0 aromatic heterocycles. The first-order valence-corrected chi connectivity index (χ1v) is 19.6. The van der Waals surface area contributed by atoms with Crippen molar-refractivity contribution >= 4 is 17.3 Å². The number of hydrogen-bond donors (Lipinski definition) is 4. The molecule has 50 heavy (non-hydrogen) atoms. The maximum Gasteiger partial charge on any atom is 0.245 e. The lowest BCUT2D eigenvalue weighted by atomic mass is 9.80. The van der Waals surface area contributed by atoms with E-state index in [0.717, 1.165) is 96.3 Å². The molecule has 0 amide bonds. The van der Waals surface area contributed by atoms with Crippen LogP contribution in [-0.2, 0) is 14.4 Å². The summed E-state index contributed by atoms with van der Waals surface area (Å²) in [5, 5.41) is 32.4. The van der Waals surface area contributed by atoms with Crippen LogP contribution in [0.1, 0.15) is 155 Å². The Morgan fingerprint density at radius 2 is 0.880 bits per heavy atom. The lowest BCUT2D eigenvalue weighted by Crippen LogP contribution is -2.60. The van der Waals surface area contributed by atoms with Crippen molar-refractivity contribution in [2.45, 2.75) is 173 Å². The van der Waals surface area contributed by atoms with E-state index in [1.807, 2.05) is 0 Å². The lowest BCUT2D eigenvalue weighted by Gasteiger charge is -2.28. The highest BCUT2D eigenvalue weighted by molar-refractivity contribution is 6.29. The number of hydrogen-bond acceptors (Lipinski definition) is 7. The molecule has 0 saturated heterocycles. The predicted molar refractivity (Wildman–Crippen MR) is 209 cm³/mol. The second-order valence-electron chi connectivity index (χ2n) is 13.1. The van der Waals surface area contributed by atoms with Gasteiger partial charge in [-0.2, -0.15) is 0 Å². The van der Waals surface area contributed by atoms with Crippen LogP contribution < -0.4 is 5.73 Å². The Hall–Kier alpha value is -2.71. The zero-order valence-corrected chi connectivity index (χ0v) is 31.5. The van der Waals surface area contributed by atoms with Gasteiger partial charge in [-0.15, -0.1) is 0 Å². The molecule has 0 heterocycles. The van der Waals surface area contributed by atoms with Crippen LogP contribution >= 0.6 is 0 Å². The van der Waals surface area contributed by atoms with E-state index in [9.17, 15) is 29.7 Å². The molecule has 0 spiro atoms. The Balaban J connectivity index is 4.64. The van der Waals surface area contributed by atoms with Crippen molar-refractivity contribution in [3.05, 3.63) is 72.9 Å². The van der Waals surface area contributed by atoms with Gasteiger partial charge in [-0.3, -0.25) is 14.4 Å². The fourth-order valence-electron chi connectivity index (χ4n) is 5.49. The standard InChI is InChI=1S/C43H71NO6/c1-3-5-7-9-11-13-15-17-19-21-23-25-27-29-31-34-38(45)41(48)43(50,42(49)39(46)35-33-37-44)40(47)36-32-30-28-26-24-22-20-18-16-14-12-10-8-6-4-2/h5-8,11-14,17-20,38-39,45-46,50H,3-4,9-10,15-16,21-37,44H2,1-2H3. The van der Waals surface area contributed by atoms with Gasteiger partial charge in [0, 0.05) is 6.42 Å². The number of unbranched alkanes of at least 4 members (excludes halogenated alkanes) is 10. The third-order valence-electron chi connectivity index (χ3n) is 8.59. The molecule has 0 bridgehead atoms. The van der Waals surface area contributed by atoms with Gasteiger partial charge in [-0.05, 0) is 96.4 Å². The van der Waals surface area contributed by atoms with E-state index in [0.29, 0.717) is 25.7 Å². The highest BCUT2D eigenvalue weighted by atomic mass is 16.3. The zero-order chi connectivity index (χ0) is 37.1. The van der Waals surface area contributed by atoms with Crippen LogP contribution in [0, 0.1) is 0 Å². The van der Waals surface area contributed by atoms with Crippen LogP contribution in [0.3, 0.4) is 0 Å². The van der Waals surface area contributed by atoms with Crippen molar-refractivity contribution in [2.75, 3.05) is 6.54 Å². The first-order valence-electron chi connectivity index (χ1n) is 19.6. The number of Topliss-reactive ketones (excluding diaryl/α,β-unsaturated/α-hetero) is 3. The summed E-state index contributed by atoms with van der Waals surface area (Å²) in [6.45, 7) is 4.46. The molecular formula is C43H71NO6. The molecule has 5 N–H and O–H groups in total. The Bertz CT molecular complexity index is 1060. The first-order chi connectivity index (χ1) is 24.3. The summed E-state index contributed by atoms with van der Waals surface area (Å²) in [5.74, 6) is -3.42. The summed E-state index contributed by atoms with van der Waals surface area (Å²) in [7, 11) is 0. The van der Waals surface area contributed by atoms with Gasteiger partial charge in [-0.1, -0.05) is 132 Å². The molecule has 0 saturated carbocycles. The number of ketones is 3. The monoisotopic (exact) mass is 698 g/mol. The van der Waals surface area contributed by atoms with Gasteiger partial charge < -0.3 is 21.1 Å². The molecule has 0 aliphatic carbocycles. The van der Waals surface area contributed by atoms with E-state index in [1.54, 1.807) is 0 Å². The van der Waals surface area contributed by atoms with Crippen LogP contribution in [0.4, 0.5) is 0 Å². The normalized spacial score (nSPS) is 15.0. The smallest absolute Gasteiger partial charge is 0.245 e. The van der Waals surface area contributed by atoms with E-state index in [1.165, 1.54) is 0 Å². The van der Waals surface area contributed by atoms with Crippen molar-refractivity contribution in [3.8, 4) is 0 Å². The Morgan fingerprint density at radius 3 is 1.32 bits per heavy atom. The number of rotatable bonds is 34. The molecule has 0 rings (SSSR count). The van der Waals surface area contributed by atoms with E-state index < -0.39 is 35.2 Å². The third kappa shape index (κ3) is 23.7. The highest BCUT2D eigenvalue weighted by Crippen LogP contribution is 2.23. The quantitative estimate of drug-likeness (QED) is 0.0299. The molecule has 7 heteroatoms. The van der Waals surface area contributed by atoms with Crippen molar-refractivity contribution in [1.82, 2.24) is 0 Å². The van der Waals surface area contributed by atoms with E-state index in [4.69, 9.17) is 5.73 Å². The van der Waals surface area contributed by atoms with Gasteiger partial charge in [0.25, 0.3) is 0 Å². The van der Waals surface area contributed by atoms with Gasteiger partial charge in [0.1, 0.15) is 12.2 Å². The summed E-state index contributed by atoms with van der Waals surface area (Å²) in [6, 6.07) is 0.